The maximum atomic E-state index is 10.9. The Morgan fingerprint density at radius 3 is 3.15 bits per heavy atom. The van der Waals surface area contributed by atoms with E-state index in [1.54, 1.807) is 24.5 Å². The number of furan rings is 1. The van der Waals surface area contributed by atoms with Gasteiger partial charge >= 0.3 is 5.97 Å². The molecule has 0 unspecified atom stereocenters. The Balaban J connectivity index is 2.27. The molecule has 0 fully saturated rings. The molecule has 0 saturated heterocycles. The summed E-state index contributed by atoms with van der Waals surface area (Å²) in [5.41, 5.74) is 0. The number of hydrogen-bond donors (Lipinski definition) is 0. The molecule has 0 aliphatic carbocycles. The van der Waals surface area contributed by atoms with Crippen molar-refractivity contribution >= 4 is 5.97 Å². The van der Waals surface area contributed by atoms with Gasteiger partial charge in [-0.15, -0.1) is 0 Å². The van der Waals surface area contributed by atoms with E-state index in [0.29, 0.717) is 5.76 Å². The summed E-state index contributed by atoms with van der Waals surface area (Å²) in [5, 5.41) is 0. The monoisotopic (exact) mass is 180 g/mol. The molecule has 1 rings (SSSR count). The van der Waals surface area contributed by atoms with Crippen molar-refractivity contribution in [3.05, 3.63) is 36.3 Å². The van der Waals surface area contributed by atoms with Crippen molar-refractivity contribution in [3.63, 3.8) is 0 Å². The van der Waals surface area contributed by atoms with Crippen molar-refractivity contribution in [2.45, 2.75) is 20.0 Å². The third-order valence-corrected chi connectivity index (χ3v) is 1.43. The minimum Gasteiger partial charge on any atom is -0.466 e. The highest BCUT2D eigenvalue weighted by Gasteiger charge is 1.99. The Kier molecular flexibility index (Phi) is 3.82. The first-order valence-electron chi connectivity index (χ1n) is 4.18. The molecule has 1 heterocycles. The topological polar surface area (TPSA) is 39.4 Å². The summed E-state index contributed by atoms with van der Waals surface area (Å²) in [6.07, 6.45) is 5.55. The van der Waals surface area contributed by atoms with Crippen molar-refractivity contribution < 1.29 is 13.9 Å². The minimum atomic E-state index is -0.335. The van der Waals surface area contributed by atoms with Crippen LogP contribution in [0, 0.1) is 0 Å². The Hall–Kier alpha value is -1.51. The summed E-state index contributed by atoms with van der Waals surface area (Å²) in [6.45, 7) is 2.15. The fourth-order valence-electron chi connectivity index (χ4n) is 0.799. The van der Waals surface area contributed by atoms with Crippen molar-refractivity contribution in [2.75, 3.05) is 0 Å². The van der Waals surface area contributed by atoms with Crippen molar-refractivity contribution in [1.82, 2.24) is 0 Å². The van der Waals surface area contributed by atoms with Gasteiger partial charge in [-0.2, -0.15) is 0 Å². The largest absolute Gasteiger partial charge is 0.466 e. The molecule has 0 aromatic carbocycles. The Labute approximate surface area is 77.0 Å². The average molecular weight is 180 g/mol. The van der Waals surface area contributed by atoms with E-state index in [9.17, 15) is 4.79 Å². The van der Waals surface area contributed by atoms with Gasteiger partial charge in [0.05, 0.1) is 6.26 Å². The number of allylic oxidation sites excluding steroid dienone is 1. The van der Waals surface area contributed by atoms with Gasteiger partial charge in [-0.3, -0.25) is 0 Å². The molecule has 0 spiro atoms. The molecule has 0 atom stereocenters. The lowest BCUT2D eigenvalue weighted by molar-refractivity contribution is -0.139. The molecule has 1 aromatic rings. The summed E-state index contributed by atoms with van der Waals surface area (Å²) in [5.74, 6) is 0.316. The third kappa shape index (κ3) is 3.60. The van der Waals surface area contributed by atoms with Gasteiger partial charge in [-0.25, -0.2) is 4.79 Å². The molecular formula is C10H12O3. The molecule has 13 heavy (non-hydrogen) atoms. The average Bonchev–Trinajstić information content (AvgIpc) is 2.64. The van der Waals surface area contributed by atoms with Gasteiger partial charge in [0, 0.05) is 6.08 Å². The molecule has 0 aliphatic rings. The Morgan fingerprint density at radius 2 is 2.54 bits per heavy atom. The van der Waals surface area contributed by atoms with Crippen molar-refractivity contribution in [3.8, 4) is 0 Å². The Bertz CT molecular complexity index is 272. The predicted octanol–water partition coefficient (Wildman–Crippen LogP) is 2.29. The fraction of sp³-hybridized carbons (Fsp3) is 0.300. The van der Waals surface area contributed by atoms with Crippen molar-refractivity contribution in [2.24, 2.45) is 0 Å². The summed E-state index contributed by atoms with van der Waals surface area (Å²) in [6, 6.07) is 3.52. The van der Waals surface area contributed by atoms with Crippen LogP contribution in [0.1, 0.15) is 19.1 Å². The van der Waals surface area contributed by atoms with E-state index >= 15 is 0 Å². The predicted molar refractivity (Wildman–Crippen MR) is 47.9 cm³/mol. The lowest BCUT2D eigenvalue weighted by Gasteiger charge is -1.97. The van der Waals surface area contributed by atoms with Crippen LogP contribution in [0.2, 0.25) is 0 Å². The van der Waals surface area contributed by atoms with Gasteiger partial charge in [0.1, 0.15) is 12.4 Å². The van der Waals surface area contributed by atoms with Crippen LogP contribution in [-0.4, -0.2) is 5.97 Å². The lowest BCUT2D eigenvalue weighted by Crippen LogP contribution is -1.99. The standard InChI is InChI=1S/C10H12O3/c1-2-3-6-10(11)13-8-9-5-4-7-12-9/h3-7H,2,8H2,1H3. The molecule has 0 N–H and O–H groups in total. The summed E-state index contributed by atoms with van der Waals surface area (Å²) in [4.78, 5) is 10.9. The first-order valence-corrected chi connectivity index (χ1v) is 4.18. The van der Waals surface area contributed by atoms with Crippen LogP contribution < -0.4 is 0 Å². The van der Waals surface area contributed by atoms with E-state index in [0.717, 1.165) is 6.42 Å². The molecular weight excluding hydrogens is 168 g/mol. The normalized spacial score (nSPS) is 10.5. The first-order chi connectivity index (χ1) is 6.33. The summed E-state index contributed by atoms with van der Waals surface area (Å²) >= 11 is 0. The van der Waals surface area contributed by atoms with Crippen LogP contribution in [0.5, 0.6) is 0 Å². The third-order valence-electron chi connectivity index (χ3n) is 1.43. The zero-order valence-electron chi connectivity index (χ0n) is 7.53. The first kappa shape index (κ1) is 9.58. The van der Waals surface area contributed by atoms with Crippen molar-refractivity contribution in [1.29, 1.82) is 0 Å². The maximum Gasteiger partial charge on any atom is 0.330 e. The Morgan fingerprint density at radius 1 is 1.69 bits per heavy atom. The van der Waals surface area contributed by atoms with Crippen LogP contribution in [0.4, 0.5) is 0 Å². The molecule has 1 aromatic heterocycles. The van der Waals surface area contributed by atoms with Gasteiger partial charge in [0.15, 0.2) is 0 Å². The van der Waals surface area contributed by atoms with Crippen LogP contribution >= 0.6 is 0 Å². The van der Waals surface area contributed by atoms with Gasteiger partial charge in [0.25, 0.3) is 0 Å². The second-order valence-electron chi connectivity index (χ2n) is 2.50. The van der Waals surface area contributed by atoms with Gasteiger partial charge in [0.2, 0.25) is 0 Å². The van der Waals surface area contributed by atoms with E-state index in [-0.39, 0.29) is 12.6 Å². The van der Waals surface area contributed by atoms with Crippen LogP contribution in [0.3, 0.4) is 0 Å². The number of carbonyl (C=O) groups is 1. The molecule has 3 nitrogen and oxygen atoms in total. The van der Waals surface area contributed by atoms with Crippen LogP contribution in [0.15, 0.2) is 35.0 Å². The molecule has 0 amide bonds. The zero-order valence-corrected chi connectivity index (χ0v) is 7.53. The van der Waals surface area contributed by atoms with E-state index < -0.39 is 0 Å². The quantitative estimate of drug-likeness (QED) is 0.527. The lowest BCUT2D eigenvalue weighted by atomic mass is 10.4. The molecule has 0 radical (unpaired) electrons. The molecule has 0 aliphatic heterocycles. The zero-order chi connectivity index (χ0) is 9.52. The highest BCUT2D eigenvalue weighted by atomic mass is 16.5. The van der Waals surface area contributed by atoms with Crippen LogP contribution in [-0.2, 0) is 16.1 Å². The maximum absolute atomic E-state index is 10.9. The smallest absolute Gasteiger partial charge is 0.330 e. The highest BCUT2D eigenvalue weighted by molar-refractivity contribution is 5.81. The van der Waals surface area contributed by atoms with E-state index in [1.165, 1.54) is 6.08 Å². The molecule has 0 bridgehead atoms. The SMILES string of the molecule is CCC=CC(=O)OCc1ccco1. The molecule has 0 saturated carbocycles. The number of esters is 1. The molecule has 70 valence electrons. The molecule has 3 heteroatoms. The number of rotatable bonds is 4. The minimum absolute atomic E-state index is 0.194. The number of carbonyl (C=O) groups excluding carboxylic acids is 1. The van der Waals surface area contributed by atoms with Gasteiger partial charge in [-0.05, 0) is 18.6 Å². The van der Waals surface area contributed by atoms with Crippen LogP contribution in [0.25, 0.3) is 0 Å². The second-order valence-corrected chi connectivity index (χ2v) is 2.50. The fourth-order valence-corrected chi connectivity index (χ4v) is 0.799. The van der Waals surface area contributed by atoms with E-state index in [1.807, 2.05) is 6.92 Å². The number of hydrogen-bond acceptors (Lipinski definition) is 3. The van der Waals surface area contributed by atoms with E-state index in [2.05, 4.69) is 0 Å². The van der Waals surface area contributed by atoms with Gasteiger partial charge in [-0.1, -0.05) is 13.0 Å². The number of ether oxygens (including phenoxy) is 1. The highest BCUT2D eigenvalue weighted by Crippen LogP contribution is 2.01. The second kappa shape index (κ2) is 5.19. The van der Waals surface area contributed by atoms with Gasteiger partial charge < -0.3 is 9.15 Å². The summed E-state index contributed by atoms with van der Waals surface area (Å²) in [7, 11) is 0. The van der Waals surface area contributed by atoms with E-state index in [4.69, 9.17) is 9.15 Å². The summed E-state index contributed by atoms with van der Waals surface area (Å²) < 4.78 is 9.86.